The Morgan fingerprint density at radius 3 is 2.08 bits per heavy atom. The maximum Gasteiger partial charge on any atom is 0.306 e. The quantitative estimate of drug-likeness (QED) is 0.294. The molecule has 0 N–H and O–H groups in total. The molecule has 0 aliphatic heterocycles. The van der Waals surface area contributed by atoms with Crippen LogP contribution in [0.1, 0.15) is 98.3 Å². The lowest BCUT2D eigenvalue weighted by Gasteiger charge is -2.13. The van der Waals surface area contributed by atoms with Crippen LogP contribution in [0.25, 0.3) is 0 Å². The molecule has 0 fully saturated rings. The van der Waals surface area contributed by atoms with Crippen LogP contribution in [0.5, 0.6) is 0 Å². The van der Waals surface area contributed by atoms with Gasteiger partial charge in [0.15, 0.2) is 0 Å². The Labute approximate surface area is 148 Å². The summed E-state index contributed by atoms with van der Waals surface area (Å²) in [5.74, 6) is -0.228. The molecule has 4 nitrogen and oxygen atoms in total. The Kier molecular flexibility index (Phi) is 14.8. The number of carbonyl (C=O) groups is 2. The fraction of sp³-hybridized carbons (Fsp3) is 0.900. The van der Waals surface area contributed by atoms with Crippen molar-refractivity contribution in [2.75, 3.05) is 6.61 Å². The van der Waals surface area contributed by atoms with E-state index in [1.807, 2.05) is 6.92 Å². The van der Waals surface area contributed by atoms with Gasteiger partial charge in [0.2, 0.25) is 0 Å². The molecule has 0 aliphatic carbocycles. The summed E-state index contributed by atoms with van der Waals surface area (Å²) in [5.41, 5.74) is 0. The van der Waals surface area contributed by atoms with Gasteiger partial charge in [0.1, 0.15) is 0 Å². The Balaban J connectivity index is 3.64. The first-order valence-electron chi connectivity index (χ1n) is 9.84. The molecule has 4 heteroatoms. The highest BCUT2D eigenvalue weighted by molar-refractivity contribution is 5.77. The van der Waals surface area contributed by atoms with E-state index >= 15 is 0 Å². The molecule has 0 amide bonds. The van der Waals surface area contributed by atoms with Crippen LogP contribution in [0, 0.1) is 5.92 Å². The molecule has 0 rings (SSSR count). The molecule has 0 aromatic heterocycles. The van der Waals surface area contributed by atoms with Crippen LogP contribution in [0.15, 0.2) is 0 Å². The number of esters is 2. The second kappa shape index (κ2) is 15.5. The number of carbonyl (C=O) groups excluding carboxylic acids is 2. The van der Waals surface area contributed by atoms with Crippen LogP contribution >= 0.6 is 0 Å². The van der Waals surface area contributed by atoms with Crippen molar-refractivity contribution in [2.24, 2.45) is 5.92 Å². The van der Waals surface area contributed by atoms with Gasteiger partial charge >= 0.3 is 11.9 Å². The Hall–Kier alpha value is -1.06. The molecule has 0 aromatic rings. The van der Waals surface area contributed by atoms with Gasteiger partial charge in [0.25, 0.3) is 0 Å². The van der Waals surface area contributed by atoms with E-state index < -0.39 is 0 Å². The van der Waals surface area contributed by atoms with Crippen molar-refractivity contribution in [1.29, 1.82) is 0 Å². The molecule has 2 unspecified atom stereocenters. The fourth-order valence-electron chi connectivity index (χ4n) is 2.64. The van der Waals surface area contributed by atoms with Crippen molar-refractivity contribution >= 4 is 11.9 Å². The van der Waals surface area contributed by atoms with Crippen LogP contribution in [0.3, 0.4) is 0 Å². The number of rotatable bonds is 15. The smallest absolute Gasteiger partial charge is 0.306 e. The van der Waals surface area contributed by atoms with Gasteiger partial charge in [-0.25, -0.2) is 0 Å². The molecule has 24 heavy (non-hydrogen) atoms. The van der Waals surface area contributed by atoms with E-state index in [0.29, 0.717) is 12.5 Å². The maximum absolute atomic E-state index is 11.7. The molecule has 0 saturated carbocycles. The lowest BCUT2D eigenvalue weighted by atomic mass is 10.1. The fourth-order valence-corrected chi connectivity index (χ4v) is 2.64. The second-order valence-corrected chi connectivity index (χ2v) is 6.93. The van der Waals surface area contributed by atoms with Crippen LogP contribution in [0.2, 0.25) is 0 Å². The van der Waals surface area contributed by atoms with Gasteiger partial charge in [-0.1, -0.05) is 59.3 Å². The minimum atomic E-state index is -0.307. The highest BCUT2D eigenvalue weighted by Gasteiger charge is 2.13. The Bertz CT molecular complexity index is 328. The number of ether oxygens (including phenoxy) is 2. The number of hydrogen-bond acceptors (Lipinski definition) is 4. The van der Waals surface area contributed by atoms with Crippen molar-refractivity contribution in [3.63, 3.8) is 0 Å². The maximum atomic E-state index is 11.7. The molecule has 0 heterocycles. The second-order valence-electron chi connectivity index (χ2n) is 6.93. The molecule has 0 aromatic carbocycles. The first-order valence-corrected chi connectivity index (χ1v) is 9.84. The van der Waals surface area contributed by atoms with Gasteiger partial charge in [-0.05, 0) is 32.1 Å². The molecule has 0 radical (unpaired) electrons. The van der Waals surface area contributed by atoms with E-state index in [9.17, 15) is 9.59 Å². The highest BCUT2D eigenvalue weighted by atomic mass is 16.5. The molecule has 0 spiro atoms. The topological polar surface area (TPSA) is 52.6 Å². The normalized spacial score (nSPS) is 13.3. The van der Waals surface area contributed by atoms with Gasteiger partial charge in [-0.2, -0.15) is 0 Å². The van der Waals surface area contributed by atoms with Gasteiger partial charge < -0.3 is 9.47 Å². The molecule has 2 atom stereocenters. The zero-order valence-electron chi connectivity index (χ0n) is 16.3. The lowest BCUT2D eigenvalue weighted by molar-refractivity contribution is -0.153. The minimum absolute atomic E-state index is 0.0655. The lowest BCUT2D eigenvalue weighted by Crippen LogP contribution is -2.17. The third kappa shape index (κ3) is 14.5. The highest BCUT2D eigenvalue weighted by Crippen LogP contribution is 2.11. The van der Waals surface area contributed by atoms with Crippen LogP contribution < -0.4 is 0 Å². The SMILES string of the molecule is CCCCCCCCC(C)OC(=O)CCC(=O)OCC(C)CCC. The molecular formula is C20H38O4. The molecule has 142 valence electrons. The van der Waals surface area contributed by atoms with E-state index in [1.54, 1.807) is 0 Å². The van der Waals surface area contributed by atoms with E-state index in [-0.39, 0.29) is 30.9 Å². The van der Waals surface area contributed by atoms with Crippen LogP contribution in [0.4, 0.5) is 0 Å². The summed E-state index contributed by atoms with van der Waals surface area (Å²) in [5, 5.41) is 0. The average Bonchev–Trinajstić information content (AvgIpc) is 2.54. The summed E-state index contributed by atoms with van der Waals surface area (Å²) in [4.78, 5) is 23.4. The van der Waals surface area contributed by atoms with E-state index in [1.165, 1.54) is 32.1 Å². The summed E-state index contributed by atoms with van der Waals surface area (Å²) in [6, 6.07) is 0. The summed E-state index contributed by atoms with van der Waals surface area (Å²) < 4.78 is 10.5. The van der Waals surface area contributed by atoms with Gasteiger partial charge in [0, 0.05) is 0 Å². The van der Waals surface area contributed by atoms with E-state index in [4.69, 9.17) is 9.47 Å². The zero-order valence-corrected chi connectivity index (χ0v) is 16.3. The predicted octanol–water partition coefficient (Wildman–Crippen LogP) is 5.43. The molecule has 0 aliphatic rings. The van der Waals surface area contributed by atoms with Crippen LogP contribution in [-0.4, -0.2) is 24.6 Å². The largest absolute Gasteiger partial charge is 0.465 e. The van der Waals surface area contributed by atoms with Gasteiger partial charge in [0.05, 0.1) is 25.6 Å². The summed E-state index contributed by atoms with van der Waals surface area (Å²) in [7, 11) is 0. The Morgan fingerprint density at radius 2 is 1.42 bits per heavy atom. The third-order valence-corrected chi connectivity index (χ3v) is 4.14. The summed E-state index contributed by atoms with van der Waals surface area (Å²) >= 11 is 0. The summed E-state index contributed by atoms with van der Waals surface area (Å²) in [6.07, 6.45) is 10.6. The van der Waals surface area contributed by atoms with Crippen LogP contribution in [-0.2, 0) is 19.1 Å². The zero-order chi connectivity index (χ0) is 18.2. The summed E-state index contributed by atoms with van der Waals surface area (Å²) in [6.45, 7) is 8.75. The third-order valence-electron chi connectivity index (χ3n) is 4.14. The van der Waals surface area contributed by atoms with Crippen molar-refractivity contribution in [3.05, 3.63) is 0 Å². The average molecular weight is 343 g/mol. The minimum Gasteiger partial charge on any atom is -0.465 e. The van der Waals surface area contributed by atoms with E-state index in [0.717, 1.165) is 25.7 Å². The molecular weight excluding hydrogens is 304 g/mol. The first-order chi connectivity index (χ1) is 11.5. The predicted molar refractivity (Wildman–Crippen MR) is 97.8 cm³/mol. The van der Waals surface area contributed by atoms with Gasteiger partial charge in [-0.3, -0.25) is 9.59 Å². The first kappa shape index (κ1) is 22.9. The van der Waals surface area contributed by atoms with E-state index in [2.05, 4.69) is 20.8 Å². The standard InChI is InChI=1S/C20H38O4/c1-5-7-8-9-10-11-13-18(4)24-20(22)15-14-19(21)23-16-17(3)12-6-2/h17-18H,5-16H2,1-4H3. The Morgan fingerprint density at radius 1 is 0.792 bits per heavy atom. The monoisotopic (exact) mass is 342 g/mol. The van der Waals surface area contributed by atoms with Crippen molar-refractivity contribution in [1.82, 2.24) is 0 Å². The number of hydrogen-bond donors (Lipinski definition) is 0. The van der Waals surface area contributed by atoms with Crippen molar-refractivity contribution in [3.8, 4) is 0 Å². The van der Waals surface area contributed by atoms with Crippen molar-refractivity contribution in [2.45, 2.75) is 104 Å². The molecule has 0 saturated heterocycles. The molecule has 0 bridgehead atoms. The number of unbranched alkanes of at least 4 members (excludes halogenated alkanes) is 5. The van der Waals surface area contributed by atoms with Crippen molar-refractivity contribution < 1.29 is 19.1 Å². The van der Waals surface area contributed by atoms with Gasteiger partial charge in [-0.15, -0.1) is 0 Å².